The van der Waals surface area contributed by atoms with Crippen LogP contribution in [0.2, 0.25) is 0 Å². The number of benzene rings is 1. The average Bonchev–Trinajstić information content (AvgIpc) is 2.30. The van der Waals surface area contributed by atoms with Crippen LogP contribution in [0.3, 0.4) is 0 Å². The van der Waals surface area contributed by atoms with Crippen molar-refractivity contribution in [1.82, 2.24) is 0 Å². The van der Waals surface area contributed by atoms with Gasteiger partial charge in [-0.05, 0) is 51.2 Å². The Morgan fingerprint density at radius 2 is 2.18 bits per heavy atom. The van der Waals surface area contributed by atoms with Gasteiger partial charge in [-0.3, -0.25) is 0 Å². The zero-order chi connectivity index (χ0) is 12.3. The third-order valence-corrected chi connectivity index (χ3v) is 3.19. The number of hydrogen-bond donors (Lipinski definition) is 0. The topological polar surface area (TPSA) is 18.5 Å². The summed E-state index contributed by atoms with van der Waals surface area (Å²) in [5.41, 5.74) is 1.85. The Morgan fingerprint density at radius 1 is 1.35 bits per heavy atom. The largest absolute Gasteiger partial charge is 0.353 e. The van der Waals surface area contributed by atoms with E-state index in [1.807, 2.05) is 12.1 Å². The average molecular weight is 233 g/mol. The summed E-state index contributed by atoms with van der Waals surface area (Å²) in [5, 5.41) is 0. The Labute approximate surface area is 104 Å². The molecule has 0 saturated carbocycles. The van der Waals surface area contributed by atoms with Gasteiger partial charge in [0.2, 0.25) is 0 Å². The molecular weight excluding hydrogens is 212 g/mol. The van der Waals surface area contributed by atoms with Gasteiger partial charge in [-0.2, -0.15) is 0 Å². The summed E-state index contributed by atoms with van der Waals surface area (Å²) in [6.07, 6.45) is 3.27. The molecule has 2 heteroatoms. The lowest BCUT2D eigenvalue weighted by Crippen LogP contribution is -2.32. The van der Waals surface area contributed by atoms with Crippen molar-refractivity contribution in [2.75, 3.05) is 6.61 Å². The number of rotatable bonds is 3. The highest BCUT2D eigenvalue weighted by Gasteiger charge is 2.27. The van der Waals surface area contributed by atoms with Crippen LogP contribution in [0.4, 0.5) is 0 Å². The van der Waals surface area contributed by atoms with E-state index in [-0.39, 0.29) is 11.9 Å². The van der Waals surface area contributed by atoms with Gasteiger partial charge in [0.1, 0.15) is 0 Å². The molecule has 2 nitrogen and oxygen atoms in total. The maximum Gasteiger partial charge on any atom is 0.158 e. The second-order valence-corrected chi connectivity index (χ2v) is 5.12. The molecule has 1 aliphatic rings. The molecule has 1 heterocycles. The first-order chi connectivity index (χ1) is 8.08. The highest BCUT2D eigenvalue weighted by atomic mass is 16.7. The van der Waals surface area contributed by atoms with Crippen molar-refractivity contribution < 1.29 is 9.47 Å². The lowest BCUT2D eigenvalue weighted by molar-refractivity contribution is -0.219. The molecule has 0 amide bonds. The first-order valence-electron chi connectivity index (χ1n) is 6.30. The third-order valence-electron chi connectivity index (χ3n) is 3.19. The van der Waals surface area contributed by atoms with E-state index in [0.29, 0.717) is 0 Å². The minimum absolute atomic E-state index is 0.0628. The minimum atomic E-state index is -0.324. The van der Waals surface area contributed by atoms with E-state index in [1.165, 1.54) is 6.42 Å². The minimum Gasteiger partial charge on any atom is -0.353 e. The smallest absolute Gasteiger partial charge is 0.158 e. The Morgan fingerprint density at radius 3 is 2.82 bits per heavy atom. The van der Waals surface area contributed by atoms with E-state index in [0.717, 1.165) is 30.6 Å². The standard InChI is InChI=1S/C15H21O2/c1-12-7-6-8-13(11-12)15(2,3)17-14-9-4-5-10-16-14/h6-8,11,14H,1,4-5,9-10H2,2-3H3. The van der Waals surface area contributed by atoms with Crippen molar-refractivity contribution in [1.29, 1.82) is 0 Å². The first kappa shape index (κ1) is 12.6. The van der Waals surface area contributed by atoms with Gasteiger partial charge >= 0.3 is 0 Å². The van der Waals surface area contributed by atoms with E-state index in [1.54, 1.807) is 0 Å². The van der Waals surface area contributed by atoms with Gasteiger partial charge in [0.05, 0.1) is 5.60 Å². The van der Waals surface area contributed by atoms with E-state index in [4.69, 9.17) is 9.47 Å². The van der Waals surface area contributed by atoms with Crippen LogP contribution in [0, 0.1) is 6.92 Å². The summed E-state index contributed by atoms with van der Waals surface area (Å²) in [4.78, 5) is 0. The molecule has 0 bridgehead atoms. The molecule has 1 saturated heterocycles. The van der Waals surface area contributed by atoms with Crippen molar-refractivity contribution >= 4 is 0 Å². The van der Waals surface area contributed by atoms with Crippen LogP contribution < -0.4 is 0 Å². The molecule has 0 spiro atoms. The van der Waals surface area contributed by atoms with Crippen molar-refractivity contribution in [3.8, 4) is 0 Å². The van der Waals surface area contributed by atoms with Gasteiger partial charge in [-0.1, -0.05) is 24.3 Å². The highest BCUT2D eigenvalue weighted by molar-refractivity contribution is 5.29. The van der Waals surface area contributed by atoms with Crippen molar-refractivity contribution in [2.24, 2.45) is 0 Å². The monoisotopic (exact) mass is 233 g/mol. The quantitative estimate of drug-likeness (QED) is 0.793. The lowest BCUT2D eigenvalue weighted by atomic mass is 9.96. The second kappa shape index (κ2) is 5.19. The molecule has 0 N–H and O–H groups in total. The summed E-state index contributed by atoms with van der Waals surface area (Å²) < 4.78 is 11.7. The van der Waals surface area contributed by atoms with Gasteiger partial charge in [-0.25, -0.2) is 0 Å². The van der Waals surface area contributed by atoms with E-state index in [9.17, 15) is 0 Å². The molecule has 1 unspecified atom stereocenters. The molecule has 1 aliphatic heterocycles. The molecule has 1 aromatic carbocycles. The molecule has 1 aromatic rings. The molecule has 0 aliphatic carbocycles. The van der Waals surface area contributed by atoms with Crippen molar-refractivity contribution in [3.05, 3.63) is 42.3 Å². The first-order valence-corrected chi connectivity index (χ1v) is 6.30. The zero-order valence-corrected chi connectivity index (χ0v) is 10.7. The van der Waals surface area contributed by atoms with Gasteiger partial charge in [-0.15, -0.1) is 0 Å². The number of ether oxygens (including phenoxy) is 2. The summed E-state index contributed by atoms with van der Waals surface area (Å²) in [6.45, 7) is 8.94. The fraction of sp³-hybridized carbons (Fsp3) is 0.533. The van der Waals surface area contributed by atoms with E-state index < -0.39 is 0 Å². The normalized spacial score (nSPS) is 21.5. The van der Waals surface area contributed by atoms with Gasteiger partial charge in [0, 0.05) is 6.61 Å². The summed E-state index contributed by atoms with van der Waals surface area (Å²) >= 11 is 0. The van der Waals surface area contributed by atoms with E-state index >= 15 is 0 Å². The fourth-order valence-corrected chi connectivity index (χ4v) is 2.15. The summed E-state index contributed by atoms with van der Waals surface area (Å²) in [5.74, 6) is 0. The predicted octanol–water partition coefficient (Wildman–Crippen LogP) is 3.65. The number of hydrogen-bond acceptors (Lipinski definition) is 2. The summed E-state index contributed by atoms with van der Waals surface area (Å²) in [6, 6.07) is 8.17. The Bertz CT molecular complexity index is 365. The Kier molecular flexibility index (Phi) is 3.85. The molecule has 93 valence electrons. The summed E-state index contributed by atoms with van der Waals surface area (Å²) in [7, 11) is 0. The van der Waals surface area contributed by atoms with Crippen molar-refractivity contribution in [3.63, 3.8) is 0 Å². The van der Waals surface area contributed by atoms with E-state index in [2.05, 4.69) is 32.9 Å². The lowest BCUT2D eigenvalue weighted by Gasteiger charge is -2.33. The molecule has 1 fully saturated rings. The van der Waals surface area contributed by atoms with Gasteiger partial charge < -0.3 is 9.47 Å². The molecule has 1 atom stereocenters. The fourth-order valence-electron chi connectivity index (χ4n) is 2.15. The molecule has 0 aromatic heterocycles. The SMILES string of the molecule is [CH2]c1cccc(C(C)(C)OC2CCCCO2)c1. The van der Waals surface area contributed by atoms with Crippen LogP contribution in [0.1, 0.15) is 44.2 Å². The molecular formula is C15H21O2. The predicted molar refractivity (Wildman–Crippen MR) is 68.6 cm³/mol. The maximum atomic E-state index is 6.07. The molecule has 17 heavy (non-hydrogen) atoms. The van der Waals surface area contributed by atoms with Crippen LogP contribution in [-0.4, -0.2) is 12.9 Å². The van der Waals surface area contributed by atoms with Crippen LogP contribution >= 0.6 is 0 Å². The highest BCUT2D eigenvalue weighted by Crippen LogP contribution is 2.29. The Hall–Kier alpha value is -0.860. The zero-order valence-electron chi connectivity index (χ0n) is 10.7. The van der Waals surface area contributed by atoms with Crippen LogP contribution in [0.5, 0.6) is 0 Å². The molecule has 1 radical (unpaired) electrons. The second-order valence-electron chi connectivity index (χ2n) is 5.12. The van der Waals surface area contributed by atoms with Crippen molar-refractivity contribution in [2.45, 2.75) is 45.0 Å². The third kappa shape index (κ3) is 3.30. The maximum absolute atomic E-state index is 6.07. The Balaban J connectivity index is 2.06. The van der Waals surface area contributed by atoms with Crippen LogP contribution in [0.15, 0.2) is 24.3 Å². The van der Waals surface area contributed by atoms with Gasteiger partial charge in [0.25, 0.3) is 0 Å². The van der Waals surface area contributed by atoms with Crippen LogP contribution in [0.25, 0.3) is 0 Å². The van der Waals surface area contributed by atoms with Gasteiger partial charge in [0.15, 0.2) is 6.29 Å². The van der Waals surface area contributed by atoms with Crippen LogP contribution in [-0.2, 0) is 15.1 Å². The molecule has 2 rings (SSSR count).